The van der Waals surface area contributed by atoms with Crippen LogP contribution in [0.1, 0.15) is 11.3 Å². The van der Waals surface area contributed by atoms with Crippen LogP contribution in [-0.4, -0.2) is 29.4 Å². The third kappa shape index (κ3) is 2.91. The summed E-state index contributed by atoms with van der Waals surface area (Å²) < 4.78 is 10.2. The van der Waals surface area contributed by atoms with Crippen molar-refractivity contribution in [2.45, 2.75) is 12.8 Å². The monoisotopic (exact) mass is 248 g/mol. The van der Waals surface area contributed by atoms with Crippen LogP contribution in [0, 0.1) is 0 Å². The Hall–Kier alpha value is -2.24. The molecule has 0 spiro atoms. The number of hydrogen-bond acceptors (Lipinski definition) is 5. The van der Waals surface area contributed by atoms with Gasteiger partial charge >= 0.3 is 0 Å². The molecule has 2 rings (SSSR count). The Balaban J connectivity index is 2.08. The lowest BCUT2D eigenvalue weighted by Gasteiger charge is -2.06. The third-order valence-corrected chi connectivity index (χ3v) is 2.59. The lowest BCUT2D eigenvalue weighted by molar-refractivity contribution is 0.363. The standard InChI is InChI=1S/C12H16N4O2/c1-17-11-5-8(6-12(14-11)18-2)3-4-9-7-10(13)16-15-9/h5-7H,3-4H2,1-2H3,(H3,13,15,16). The first-order valence-electron chi connectivity index (χ1n) is 5.60. The van der Waals surface area contributed by atoms with Gasteiger partial charge in [-0.2, -0.15) is 10.1 Å². The van der Waals surface area contributed by atoms with Crippen molar-refractivity contribution >= 4 is 5.82 Å². The first kappa shape index (κ1) is 12.2. The zero-order chi connectivity index (χ0) is 13.0. The zero-order valence-corrected chi connectivity index (χ0v) is 10.4. The summed E-state index contributed by atoms with van der Waals surface area (Å²) in [6, 6.07) is 5.61. The number of aromatic nitrogens is 3. The van der Waals surface area contributed by atoms with Crippen molar-refractivity contribution in [2.75, 3.05) is 20.0 Å². The van der Waals surface area contributed by atoms with Gasteiger partial charge in [0.15, 0.2) is 0 Å². The van der Waals surface area contributed by atoms with E-state index in [1.165, 1.54) is 0 Å². The summed E-state index contributed by atoms with van der Waals surface area (Å²) >= 11 is 0. The molecule has 3 N–H and O–H groups in total. The van der Waals surface area contributed by atoms with E-state index in [0.29, 0.717) is 17.6 Å². The zero-order valence-electron chi connectivity index (χ0n) is 10.4. The summed E-state index contributed by atoms with van der Waals surface area (Å²) in [6.45, 7) is 0. The second-order valence-electron chi connectivity index (χ2n) is 3.88. The molecular weight excluding hydrogens is 232 g/mol. The van der Waals surface area contributed by atoms with Gasteiger partial charge in [-0.1, -0.05) is 0 Å². The van der Waals surface area contributed by atoms with E-state index in [2.05, 4.69) is 15.2 Å². The maximum Gasteiger partial charge on any atom is 0.216 e. The SMILES string of the molecule is COc1cc(CCc2cc(N)n[nH]2)cc(OC)n1. The minimum absolute atomic E-state index is 0.509. The molecule has 0 saturated heterocycles. The fourth-order valence-electron chi connectivity index (χ4n) is 1.67. The summed E-state index contributed by atoms with van der Waals surface area (Å²) in [7, 11) is 3.17. The molecule has 0 aliphatic rings. The molecule has 0 fully saturated rings. The molecule has 6 heteroatoms. The van der Waals surface area contributed by atoms with E-state index >= 15 is 0 Å². The van der Waals surface area contributed by atoms with Crippen molar-refractivity contribution in [3.8, 4) is 11.8 Å². The number of H-pyrrole nitrogens is 1. The second-order valence-corrected chi connectivity index (χ2v) is 3.88. The third-order valence-electron chi connectivity index (χ3n) is 2.59. The number of aromatic amines is 1. The largest absolute Gasteiger partial charge is 0.481 e. The molecule has 0 amide bonds. The average Bonchev–Trinajstić information content (AvgIpc) is 2.81. The Kier molecular flexibility index (Phi) is 3.66. The number of ether oxygens (including phenoxy) is 2. The molecule has 2 aromatic rings. The van der Waals surface area contributed by atoms with Gasteiger partial charge in [-0.05, 0) is 18.4 Å². The van der Waals surface area contributed by atoms with Crippen LogP contribution in [0.2, 0.25) is 0 Å². The summed E-state index contributed by atoms with van der Waals surface area (Å²) in [5, 5.41) is 6.77. The minimum atomic E-state index is 0.509. The molecule has 0 aliphatic heterocycles. The molecule has 0 saturated carbocycles. The summed E-state index contributed by atoms with van der Waals surface area (Å²) in [5.41, 5.74) is 7.64. The molecule has 0 bridgehead atoms. The molecule has 6 nitrogen and oxygen atoms in total. The maximum atomic E-state index is 5.55. The molecule has 0 aliphatic carbocycles. The normalized spacial score (nSPS) is 10.3. The van der Waals surface area contributed by atoms with Gasteiger partial charge in [0.25, 0.3) is 0 Å². The van der Waals surface area contributed by atoms with Gasteiger partial charge in [-0.25, -0.2) is 0 Å². The Morgan fingerprint density at radius 1 is 1.11 bits per heavy atom. The van der Waals surface area contributed by atoms with Gasteiger partial charge in [0.2, 0.25) is 11.8 Å². The summed E-state index contributed by atoms with van der Waals surface area (Å²) in [4.78, 5) is 4.14. The Bertz CT molecular complexity index is 502. The smallest absolute Gasteiger partial charge is 0.216 e. The van der Waals surface area contributed by atoms with E-state index in [0.717, 1.165) is 24.1 Å². The van der Waals surface area contributed by atoms with E-state index in [9.17, 15) is 0 Å². The number of nitrogens with zero attached hydrogens (tertiary/aromatic N) is 2. The van der Waals surface area contributed by atoms with E-state index in [1.807, 2.05) is 18.2 Å². The number of aryl methyl sites for hydroxylation is 2. The van der Waals surface area contributed by atoms with Crippen molar-refractivity contribution in [2.24, 2.45) is 0 Å². The minimum Gasteiger partial charge on any atom is -0.481 e. The first-order chi connectivity index (χ1) is 8.71. The van der Waals surface area contributed by atoms with Gasteiger partial charge in [-0.15, -0.1) is 0 Å². The van der Waals surface area contributed by atoms with Gasteiger partial charge in [0.05, 0.1) is 14.2 Å². The number of nitrogen functional groups attached to an aromatic ring is 1. The lowest BCUT2D eigenvalue weighted by Crippen LogP contribution is -1.97. The highest BCUT2D eigenvalue weighted by atomic mass is 16.5. The predicted molar refractivity (Wildman–Crippen MR) is 67.7 cm³/mol. The molecule has 0 unspecified atom stereocenters. The first-order valence-corrected chi connectivity index (χ1v) is 5.60. The number of methoxy groups -OCH3 is 2. The van der Waals surface area contributed by atoms with Crippen LogP contribution in [0.3, 0.4) is 0 Å². The average molecular weight is 248 g/mol. The van der Waals surface area contributed by atoms with Crippen LogP contribution in [-0.2, 0) is 12.8 Å². The summed E-state index contributed by atoms with van der Waals surface area (Å²) in [6.07, 6.45) is 1.65. The predicted octanol–water partition coefficient (Wildman–Crippen LogP) is 1.19. The van der Waals surface area contributed by atoms with Crippen molar-refractivity contribution in [3.05, 3.63) is 29.5 Å². The second kappa shape index (κ2) is 5.39. The highest BCUT2D eigenvalue weighted by Crippen LogP contribution is 2.18. The van der Waals surface area contributed by atoms with Crippen LogP contribution >= 0.6 is 0 Å². The van der Waals surface area contributed by atoms with E-state index in [1.54, 1.807) is 14.2 Å². The fraction of sp³-hybridized carbons (Fsp3) is 0.333. The molecule has 96 valence electrons. The lowest BCUT2D eigenvalue weighted by atomic mass is 10.1. The van der Waals surface area contributed by atoms with Gasteiger partial charge < -0.3 is 15.2 Å². The number of hydrogen-bond donors (Lipinski definition) is 2. The Morgan fingerprint density at radius 2 is 1.78 bits per heavy atom. The maximum absolute atomic E-state index is 5.55. The molecule has 18 heavy (non-hydrogen) atoms. The molecular formula is C12H16N4O2. The van der Waals surface area contributed by atoms with Crippen molar-refractivity contribution < 1.29 is 9.47 Å². The molecule has 0 aromatic carbocycles. The highest BCUT2D eigenvalue weighted by molar-refractivity contribution is 5.31. The van der Waals surface area contributed by atoms with Crippen LogP contribution < -0.4 is 15.2 Å². The van der Waals surface area contributed by atoms with Gasteiger partial charge in [0, 0.05) is 23.9 Å². The van der Waals surface area contributed by atoms with Crippen LogP contribution in [0.15, 0.2) is 18.2 Å². The molecule has 2 aromatic heterocycles. The molecule has 0 radical (unpaired) electrons. The number of nitrogens with one attached hydrogen (secondary N) is 1. The summed E-state index contributed by atoms with van der Waals surface area (Å²) in [5.74, 6) is 1.61. The van der Waals surface area contributed by atoms with E-state index in [-0.39, 0.29) is 0 Å². The van der Waals surface area contributed by atoms with Crippen LogP contribution in [0.25, 0.3) is 0 Å². The number of pyridine rings is 1. The number of anilines is 1. The van der Waals surface area contributed by atoms with Crippen LogP contribution in [0.5, 0.6) is 11.8 Å². The van der Waals surface area contributed by atoms with Gasteiger partial charge in [-0.3, -0.25) is 5.10 Å². The quantitative estimate of drug-likeness (QED) is 0.830. The molecule has 2 heterocycles. The van der Waals surface area contributed by atoms with Crippen molar-refractivity contribution in [1.82, 2.24) is 15.2 Å². The Labute approximate surface area is 105 Å². The fourth-order valence-corrected chi connectivity index (χ4v) is 1.67. The van der Waals surface area contributed by atoms with E-state index < -0.39 is 0 Å². The highest BCUT2D eigenvalue weighted by Gasteiger charge is 2.05. The van der Waals surface area contributed by atoms with E-state index in [4.69, 9.17) is 15.2 Å². The van der Waals surface area contributed by atoms with Gasteiger partial charge in [0.1, 0.15) is 5.82 Å². The van der Waals surface area contributed by atoms with Crippen LogP contribution in [0.4, 0.5) is 5.82 Å². The number of rotatable bonds is 5. The van der Waals surface area contributed by atoms with Crippen molar-refractivity contribution in [3.63, 3.8) is 0 Å². The Morgan fingerprint density at radius 3 is 2.28 bits per heavy atom. The van der Waals surface area contributed by atoms with Crippen molar-refractivity contribution in [1.29, 1.82) is 0 Å². The number of nitrogens with two attached hydrogens (primary N) is 1. The topological polar surface area (TPSA) is 86.0 Å². The molecule has 0 atom stereocenters.